The van der Waals surface area contributed by atoms with Gasteiger partial charge in [-0.25, -0.2) is 22.2 Å². The van der Waals surface area contributed by atoms with E-state index in [1.54, 1.807) is 0 Å². The summed E-state index contributed by atoms with van der Waals surface area (Å²) in [7, 11) is -3.50. The van der Waals surface area contributed by atoms with Gasteiger partial charge in [0.15, 0.2) is 14.9 Å². The van der Waals surface area contributed by atoms with E-state index in [0.717, 1.165) is 0 Å². The molecule has 0 fully saturated rings. The Hall–Kier alpha value is -1.96. The quantitative estimate of drug-likeness (QED) is 0.621. The third-order valence-electron chi connectivity index (χ3n) is 4.11. The Morgan fingerprint density at radius 2 is 1.56 bits per heavy atom. The maximum atomic E-state index is 13.6. The summed E-state index contributed by atoms with van der Waals surface area (Å²) < 4.78 is 51.4. The Labute approximate surface area is 165 Å². The van der Waals surface area contributed by atoms with E-state index in [4.69, 9.17) is 23.2 Å². The van der Waals surface area contributed by atoms with Crippen LogP contribution in [0.4, 0.5) is 8.78 Å². The smallest absolute Gasteiger partial charge is 0.194 e. The molecule has 3 aromatic rings. The van der Waals surface area contributed by atoms with E-state index in [9.17, 15) is 17.2 Å². The van der Waals surface area contributed by atoms with Gasteiger partial charge in [0, 0.05) is 0 Å². The van der Waals surface area contributed by atoms with Gasteiger partial charge in [0.2, 0.25) is 0 Å². The highest BCUT2D eigenvalue weighted by molar-refractivity contribution is 7.91. The van der Waals surface area contributed by atoms with E-state index in [0.29, 0.717) is 11.1 Å². The molecular formula is C18H14Cl2F2N2O2S. The van der Waals surface area contributed by atoms with E-state index in [-0.39, 0.29) is 26.6 Å². The highest BCUT2D eigenvalue weighted by Crippen LogP contribution is 2.34. The van der Waals surface area contributed by atoms with Gasteiger partial charge in [0.05, 0.1) is 27.9 Å². The molecule has 1 aromatic heterocycles. The van der Waals surface area contributed by atoms with Crippen LogP contribution in [0.25, 0.3) is 0 Å². The topological polar surface area (TPSA) is 62.8 Å². The minimum atomic E-state index is -3.50. The van der Waals surface area contributed by atoms with Gasteiger partial charge in [-0.1, -0.05) is 42.3 Å². The van der Waals surface area contributed by atoms with Crippen LogP contribution in [-0.4, -0.2) is 24.1 Å². The van der Waals surface area contributed by atoms with Gasteiger partial charge < -0.3 is 4.98 Å². The number of aromatic amines is 1. The molecular weight excluding hydrogens is 417 g/mol. The molecule has 4 nitrogen and oxygen atoms in total. The van der Waals surface area contributed by atoms with Crippen LogP contribution in [0.15, 0.2) is 47.6 Å². The van der Waals surface area contributed by atoms with Crippen molar-refractivity contribution in [2.75, 3.05) is 5.75 Å². The number of halogens is 4. The molecule has 1 N–H and O–H groups in total. The Kier molecular flexibility index (Phi) is 5.55. The first-order chi connectivity index (χ1) is 12.7. The van der Waals surface area contributed by atoms with E-state index in [1.807, 2.05) is 0 Å². The molecule has 0 radical (unpaired) electrons. The largest absolute Gasteiger partial charge is 0.332 e. The molecule has 9 heteroatoms. The predicted octanol–water partition coefficient (Wildman–Crippen LogP) is 4.97. The molecule has 27 heavy (non-hydrogen) atoms. The van der Waals surface area contributed by atoms with Gasteiger partial charge >= 0.3 is 0 Å². The minimum absolute atomic E-state index is 0.0357. The van der Waals surface area contributed by atoms with Crippen LogP contribution in [0, 0.1) is 11.6 Å². The number of aromatic nitrogens is 2. The summed E-state index contributed by atoms with van der Waals surface area (Å²) >= 11 is 11.8. The number of nitrogens with zero attached hydrogens (tertiary/aromatic N) is 1. The first-order valence-corrected chi connectivity index (χ1v) is 10.3. The van der Waals surface area contributed by atoms with Crippen LogP contribution < -0.4 is 0 Å². The summed E-state index contributed by atoms with van der Waals surface area (Å²) in [6, 6.07) is 8.22. The molecule has 142 valence electrons. The molecule has 0 aliphatic carbocycles. The van der Waals surface area contributed by atoms with Crippen molar-refractivity contribution in [2.45, 2.75) is 17.9 Å². The van der Waals surface area contributed by atoms with Crippen molar-refractivity contribution in [1.82, 2.24) is 9.97 Å². The lowest BCUT2D eigenvalue weighted by atomic mass is 9.90. The molecule has 0 saturated carbocycles. The van der Waals surface area contributed by atoms with E-state index < -0.39 is 27.4 Å². The van der Waals surface area contributed by atoms with Crippen LogP contribution in [0.3, 0.4) is 0 Å². The third kappa shape index (κ3) is 4.00. The van der Waals surface area contributed by atoms with Crippen molar-refractivity contribution in [3.8, 4) is 0 Å². The minimum Gasteiger partial charge on any atom is -0.332 e. The summed E-state index contributed by atoms with van der Waals surface area (Å²) in [6.07, 6.45) is 1.22. The number of H-pyrrole nitrogens is 1. The number of sulfone groups is 1. The van der Waals surface area contributed by atoms with Crippen molar-refractivity contribution in [2.24, 2.45) is 0 Å². The molecule has 1 heterocycles. The van der Waals surface area contributed by atoms with Gasteiger partial charge in [-0.15, -0.1) is 0 Å². The van der Waals surface area contributed by atoms with Crippen LogP contribution in [0.2, 0.25) is 10.0 Å². The summed E-state index contributed by atoms with van der Waals surface area (Å²) in [4.78, 5) is 6.98. The van der Waals surface area contributed by atoms with Crippen molar-refractivity contribution in [3.05, 3.63) is 81.2 Å². The van der Waals surface area contributed by atoms with Gasteiger partial charge in [0.25, 0.3) is 0 Å². The first kappa shape index (κ1) is 19.8. The highest BCUT2D eigenvalue weighted by Gasteiger charge is 2.24. The average molecular weight is 431 g/mol. The average Bonchev–Trinajstić information content (AvgIpc) is 3.12. The Bertz CT molecular complexity index is 1050. The SMILES string of the molecule is CCS(=O)(=O)c1cnc(C(c2ccc(F)c(Cl)c2)c2ccc(F)c(Cl)c2)[nH]1. The molecule has 2 aromatic carbocycles. The monoisotopic (exact) mass is 430 g/mol. The maximum Gasteiger partial charge on any atom is 0.194 e. The fourth-order valence-corrected chi connectivity index (χ4v) is 3.83. The zero-order valence-electron chi connectivity index (χ0n) is 14.0. The van der Waals surface area contributed by atoms with Crippen molar-refractivity contribution in [1.29, 1.82) is 0 Å². The fourth-order valence-electron chi connectivity index (χ4n) is 2.67. The molecule has 0 atom stereocenters. The number of benzene rings is 2. The van der Waals surface area contributed by atoms with Crippen molar-refractivity contribution in [3.63, 3.8) is 0 Å². The fraction of sp³-hybridized carbons (Fsp3) is 0.167. The Balaban J connectivity index is 2.18. The van der Waals surface area contributed by atoms with Gasteiger partial charge in [-0.3, -0.25) is 0 Å². The van der Waals surface area contributed by atoms with Gasteiger partial charge in [0.1, 0.15) is 17.5 Å². The van der Waals surface area contributed by atoms with Crippen LogP contribution >= 0.6 is 23.2 Å². The molecule has 0 unspecified atom stereocenters. The predicted molar refractivity (Wildman–Crippen MR) is 100 cm³/mol. The van der Waals surface area contributed by atoms with Crippen LogP contribution in [-0.2, 0) is 9.84 Å². The normalized spacial score (nSPS) is 11.9. The lowest BCUT2D eigenvalue weighted by molar-refractivity contribution is 0.594. The van der Waals surface area contributed by atoms with E-state index >= 15 is 0 Å². The zero-order chi connectivity index (χ0) is 19.8. The first-order valence-electron chi connectivity index (χ1n) is 7.90. The van der Waals surface area contributed by atoms with Crippen LogP contribution in [0.5, 0.6) is 0 Å². The molecule has 0 amide bonds. The lowest BCUT2D eigenvalue weighted by Gasteiger charge is -2.17. The number of rotatable bonds is 5. The van der Waals surface area contributed by atoms with Gasteiger partial charge in [-0.2, -0.15) is 0 Å². The molecule has 3 rings (SSSR count). The van der Waals surface area contributed by atoms with Crippen LogP contribution in [0.1, 0.15) is 29.8 Å². The molecule has 0 aliphatic heterocycles. The molecule has 0 aliphatic rings. The summed E-state index contributed by atoms with van der Waals surface area (Å²) in [5.74, 6) is -1.64. The number of imidazole rings is 1. The number of nitrogens with one attached hydrogen (secondary N) is 1. The highest BCUT2D eigenvalue weighted by atomic mass is 35.5. The molecule has 0 spiro atoms. The molecule has 0 saturated heterocycles. The lowest BCUT2D eigenvalue weighted by Crippen LogP contribution is -2.08. The number of hydrogen-bond acceptors (Lipinski definition) is 3. The summed E-state index contributed by atoms with van der Waals surface area (Å²) in [5, 5.41) is -0.233. The number of hydrogen-bond donors (Lipinski definition) is 1. The van der Waals surface area contributed by atoms with Crippen molar-refractivity contribution >= 4 is 33.0 Å². The zero-order valence-corrected chi connectivity index (χ0v) is 16.3. The maximum absolute atomic E-state index is 13.6. The Morgan fingerprint density at radius 3 is 2.00 bits per heavy atom. The second-order valence-electron chi connectivity index (χ2n) is 5.82. The molecule has 0 bridgehead atoms. The second-order valence-corrected chi connectivity index (χ2v) is 8.88. The third-order valence-corrected chi connectivity index (χ3v) is 6.33. The van der Waals surface area contributed by atoms with E-state index in [2.05, 4.69) is 9.97 Å². The standard InChI is InChI=1S/C18H14Cl2F2N2O2S/c1-2-27(25,26)16-9-23-18(24-16)17(10-3-5-14(21)12(19)7-10)11-4-6-15(22)13(20)8-11/h3-9,17H,2H2,1H3,(H,23,24). The second kappa shape index (κ2) is 7.58. The summed E-state index contributed by atoms with van der Waals surface area (Å²) in [6.45, 7) is 1.52. The summed E-state index contributed by atoms with van der Waals surface area (Å²) in [5.41, 5.74) is 1.08. The van der Waals surface area contributed by atoms with E-state index in [1.165, 1.54) is 49.5 Å². The Morgan fingerprint density at radius 1 is 1.04 bits per heavy atom. The van der Waals surface area contributed by atoms with Gasteiger partial charge in [-0.05, 0) is 35.4 Å². The van der Waals surface area contributed by atoms with Crippen molar-refractivity contribution < 1.29 is 17.2 Å².